The molecular formula is C24H27N5O4. The minimum absolute atomic E-state index is 0.0101. The first kappa shape index (κ1) is 22.5. The van der Waals surface area contributed by atoms with Crippen molar-refractivity contribution in [1.29, 1.82) is 0 Å². The fraction of sp³-hybridized carbons (Fsp3) is 0.292. The standard InChI is InChI=1S/C24H27N5O4/c1-28-12-5-13-29(24(32)27-22-8-2-3-11-25-22)23-21(28)10-9-20(26-23)17-6-4-7-19(14-17)33-16-18(31)15-30/h2-4,6-11,14,18,30-31H,5,12-13,15-16H2,1H3,(H,25,27,32)/t18-/m0/s1. The number of nitrogens with one attached hydrogen (secondary N) is 1. The van der Waals surface area contributed by atoms with E-state index in [1.54, 1.807) is 29.3 Å². The number of carbonyl (C=O) groups is 1. The second kappa shape index (κ2) is 10.3. The number of rotatable bonds is 6. The Hall–Kier alpha value is -3.69. The Bertz CT molecular complexity index is 1100. The molecular weight excluding hydrogens is 422 g/mol. The molecule has 2 amide bonds. The first-order valence-corrected chi connectivity index (χ1v) is 10.8. The van der Waals surface area contributed by atoms with Crippen LogP contribution in [0.3, 0.4) is 0 Å². The number of aliphatic hydroxyl groups excluding tert-OH is 2. The first-order chi connectivity index (χ1) is 16.0. The summed E-state index contributed by atoms with van der Waals surface area (Å²) in [4.78, 5) is 25.9. The molecule has 0 fully saturated rings. The van der Waals surface area contributed by atoms with Crippen LogP contribution in [0.4, 0.5) is 22.1 Å². The lowest BCUT2D eigenvalue weighted by Crippen LogP contribution is -2.36. The van der Waals surface area contributed by atoms with Crippen molar-refractivity contribution in [2.75, 3.05) is 48.5 Å². The Balaban J connectivity index is 1.63. The second-order valence-electron chi connectivity index (χ2n) is 7.79. The maximum atomic E-state index is 13.1. The Morgan fingerprint density at radius 3 is 2.85 bits per heavy atom. The minimum atomic E-state index is -0.944. The second-order valence-corrected chi connectivity index (χ2v) is 7.79. The van der Waals surface area contributed by atoms with Crippen LogP contribution in [0, 0.1) is 0 Å². The molecule has 3 aromatic rings. The van der Waals surface area contributed by atoms with Crippen LogP contribution in [0.1, 0.15) is 6.42 Å². The molecule has 9 nitrogen and oxygen atoms in total. The number of aliphatic hydroxyl groups is 2. The Labute approximate surface area is 192 Å². The van der Waals surface area contributed by atoms with Gasteiger partial charge in [-0.3, -0.25) is 10.2 Å². The monoisotopic (exact) mass is 449 g/mol. The smallest absolute Gasteiger partial charge is 0.328 e. The van der Waals surface area contributed by atoms with E-state index in [4.69, 9.17) is 14.8 Å². The van der Waals surface area contributed by atoms with Crippen molar-refractivity contribution in [2.45, 2.75) is 12.5 Å². The van der Waals surface area contributed by atoms with Crippen molar-refractivity contribution < 1.29 is 19.7 Å². The van der Waals surface area contributed by atoms with Gasteiger partial charge in [0.05, 0.1) is 18.0 Å². The van der Waals surface area contributed by atoms with Crippen LogP contribution in [-0.2, 0) is 0 Å². The molecule has 0 radical (unpaired) electrons. The topological polar surface area (TPSA) is 111 Å². The van der Waals surface area contributed by atoms with Gasteiger partial charge in [-0.15, -0.1) is 0 Å². The summed E-state index contributed by atoms with van der Waals surface area (Å²) in [5.41, 5.74) is 2.37. The van der Waals surface area contributed by atoms with E-state index in [1.165, 1.54) is 0 Å². The van der Waals surface area contributed by atoms with Gasteiger partial charge in [0, 0.05) is 31.9 Å². The summed E-state index contributed by atoms with van der Waals surface area (Å²) < 4.78 is 5.57. The number of aromatic nitrogens is 2. The lowest BCUT2D eigenvalue weighted by atomic mass is 10.1. The zero-order chi connectivity index (χ0) is 23.2. The molecule has 0 saturated heterocycles. The maximum absolute atomic E-state index is 13.1. The molecule has 0 bridgehead atoms. The largest absolute Gasteiger partial charge is 0.491 e. The summed E-state index contributed by atoms with van der Waals surface area (Å²) in [6.45, 7) is 0.951. The van der Waals surface area contributed by atoms with Gasteiger partial charge in [-0.05, 0) is 42.8 Å². The Kier molecular flexibility index (Phi) is 7.01. The molecule has 4 rings (SSSR count). The third kappa shape index (κ3) is 5.39. The number of pyridine rings is 2. The maximum Gasteiger partial charge on any atom is 0.328 e. The highest BCUT2D eigenvalue weighted by atomic mass is 16.5. The third-order valence-corrected chi connectivity index (χ3v) is 5.32. The molecule has 1 aliphatic heterocycles. The Morgan fingerprint density at radius 1 is 1.18 bits per heavy atom. The number of nitrogens with zero attached hydrogens (tertiary/aromatic N) is 4. The van der Waals surface area contributed by atoms with Gasteiger partial charge in [-0.25, -0.2) is 14.8 Å². The van der Waals surface area contributed by atoms with E-state index in [0.29, 0.717) is 29.6 Å². The van der Waals surface area contributed by atoms with E-state index in [0.717, 1.165) is 24.2 Å². The molecule has 172 valence electrons. The average Bonchev–Trinajstić information content (AvgIpc) is 3.01. The molecule has 1 atom stereocenters. The zero-order valence-electron chi connectivity index (χ0n) is 18.4. The highest BCUT2D eigenvalue weighted by Gasteiger charge is 2.26. The van der Waals surface area contributed by atoms with Crippen LogP contribution in [0.15, 0.2) is 60.8 Å². The van der Waals surface area contributed by atoms with Crippen molar-refractivity contribution in [3.8, 4) is 17.0 Å². The number of anilines is 3. The van der Waals surface area contributed by atoms with Gasteiger partial charge in [0.1, 0.15) is 24.3 Å². The zero-order valence-corrected chi connectivity index (χ0v) is 18.4. The van der Waals surface area contributed by atoms with Crippen molar-refractivity contribution in [3.05, 3.63) is 60.8 Å². The highest BCUT2D eigenvalue weighted by molar-refractivity contribution is 6.03. The number of carbonyl (C=O) groups excluding carboxylic acids is 1. The summed E-state index contributed by atoms with van der Waals surface area (Å²) >= 11 is 0. The average molecular weight is 450 g/mol. The van der Waals surface area contributed by atoms with Crippen molar-refractivity contribution in [2.24, 2.45) is 0 Å². The SMILES string of the molecule is CN1CCCN(C(=O)Nc2ccccn2)c2nc(-c3cccc(OC[C@@H](O)CO)c3)ccc21. The lowest BCUT2D eigenvalue weighted by Gasteiger charge is -2.24. The highest BCUT2D eigenvalue weighted by Crippen LogP contribution is 2.33. The van der Waals surface area contributed by atoms with Crippen LogP contribution in [-0.4, -0.2) is 65.7 Å². The van der Waals surface area contributed by atoms with E-state index in [9.17, 15) is 9.90 Å². The Morgan fingerprint density at radius 2 is 2.06 bits per heavy atom. The quantitative estimate of drug-likeness (QED) is 0.531. The van der Waals surface area contributed by atoms with Crippen LogP contribution in [0.25, 0.3) is 11.3 Å². The fourth-order valence-corrected chi connectivity index (χ4v) is 3.59. The summed E-state index contributed by atoms with van der Waals surface area (Å²) in [6, 6.07) is 16.3. The van der Waals surface area contributed by atoms with Gasteiger partial charge in [-0.1, -0.05) is 18.2 Å². The van der Waals surface area contributed by atoms with Crippen molar-refractivity contribution in [1.82, 2.24) is 9.97 Å². The van der Waals surface area contributed by atoms with Crippen LogP contribution in [0.5, 0.6) is 5.75 Å². The molecule has 0 aliphatic carbocycles. The number of fused-ring (bicyclic) bond motifs is 1. The number of hydrogen-bond acceptors (Lipinski definition) is 7. The van der Waals surface area contributed by atoms with Crippen LogP contribution >= 0.6 is 0 Å². The summed E-state index contributed by atoms with van der Waals surface area (Å²) in [6.07, 6.45) is 1.49. The summed E-state index contributed by atoms with van der Waals surface area (Å²) in [5.74, 6) is 1.61. The number of ether oxygens (including phenoxy) is 1. The minimum Gasteiger partial charge on any atom is -0.491 e. The lowest BCUT2D eigenvalue weighted by molar-refractivity contribution is 0.0536. The van der Waals surface area contributed by atoms with Crippen LogP contribution < -0.4 is 19.9 Å². The summed E-state index contributed by atoms with van der Waals surface area (Å²) in [5, 5.41) is 21.4. The molecule has 9 heteroatoms. The predicted octanol–water partition coefficient (Wildman–Crippen LogP) is 2.75. The molecule has 2 aromatic heterocycles. The van der Waals surface area contributed by atoms with Gasteiger partial charge in [0.25, 0.3) is 0 Å². The predicted molar refractivity (Wildman–Crippen MR) is 127 cm³/mol. The molecule has 3 heterocycles. The van der Waals surface area contributed by atoms with Crippen LogP contribution in [0.2, 0.25) is 0 Å². The summed E-state index contributed by atoms with van der Waals surface area (Å²) in [7, 11) is 1.99. The third-order valence-electron chi connectivity index (χ3n) is 5.32. The molecule has 1 aromatic carbocycles. The first-order valence-electron chi connectivity index (χ1n) is 10.8. The molecule has 0 unspecified atom stereocenters. The normalized spacial score (nSPS) is 14.3. The van der Waals surface area contributed by atoms with Gasteiger partial charge >= 0.3 is 6.03 Å². The van der Waals surface area contributed by atoms with Gasteiger partial charge < -0.3 is 19.8 Å². The molecule has 0 spiro atoms. The van der Waals surface area contributed by atoms with E-state index in [-0.39, 0.29) is 19.2 Å². The molecule has 0 saturated carbocycles. The van der Waals surface area contributed by atoms with Crippen molar-refractivity contribution >= 4 is 23.4 Å². The number of urea groups is 1. The molecule has 3 N–H and O–H groups in total. The van der Waals surface area contributed by atoms with Gasteiger partial charge in [-0.2, -0.15) is 0 Å². The van der Waals surface area contributed by atoms with E-state index < -0.39 is 6.10 Å². The van der Waals surface area contributed by atoms with Gasteiger partial charge in [0.15, 0.2) is 5.82 Å². The van der Waals surface area contributed by atoms with Crippen molar-refractivity contribution in [3.63, 3.8) is 0 Å². The van der Waals surface area contributed by atoms with E-state index >= 15 is 0 Å². The van der Waals surface area contributed by atoms with E-state index in [2.05, 4.69) is 15.2 Å². The van der Waals surface area contributed by atoms with Gasteiger partial charge in [0.2, 0.25) is 0 Å². The molecule has 1 aliphatic rings. The fourth-order valence-electron chi connectivity index (χ4n) is 3.59. The molecule has 33 heavy (non-hydrogen) atoms. The number of hydrogen-bond donors (Lipinski definition) is 3. The number of benzene rings is 1. The van der Waals surface area contributed by atoms with E-state index in [1.807, 2.05) is 43.4 Å². The number of amides is 2.